The van der Waals surface area contributed by atoms with Crippen LogP contribution in [0.25, 0.3) is 0 Å². The zero-order valence-corrected chi connectivity index (χ0v) is 11.4. The van der Waals surface area contributed by atoms with Crippen LogP contribution in [0, 0.1) is 5.92 Å². The van der Waals surface area contributed by atoms with Crippen LogP contribution < -0.4 is 10.1 Å². The van der Waals surface area contributed by atoms with Crippen molar-refractivity contribution in [3.05, 3.63) is 18.3 Å². The number of nitrogens with zero attached hydrogens (tertiary/aromatic N) is 1. The first kappa shape index (κ1) is 13.8. The lowest BCUT2D eigenvalue weighted by Gasteiger charge is -2.15. The maximum absolute atomic E-state index is 5.08. The summed E-state index contributed by atoms with van der Waals surface area (Å²) in [5.41, 5.74) is 0. The molecule has 0 bridgehead atoms. The third-order valence-electron chi connectivity index (χ3n) is 2.78. The number of rotatable bonds is 7. The normalized spacial score (nSPS) is 12.5. The summed E-state index contributed by atoms with van der Waals surface area (Å²) in [4.78, 5) is 4.30. The van der Waals surface area contributed by atoms with Crippen molar-refractivity contribution < 1.29 is 4.74 Å². The summed E-state index contributed by atoms with van der Waals surface area (Å²) in [6.07, 6.45) is 5.49. The third kappa shape index (κ3) is 5.57. The molecule has 3 heteroatoms. The molecule has 0 radical (unpaired) electrons. The molecule has 0 spiro atoms. The molecular weight excluding hydrogens is 212 g/mol. The molecule has 1 N–H and O–H groups in total. The average molecular weight is 236 g/mol. The Hall–Kier alpha value is -1.25. The molecule has 1 aromatic rings. The van der Waals surface area contributed by atoms with Crippen LogP contribution in [0.1, 0.15) is 40.0 Å². The van der Waals surface area contributed by atoms with Crippen molar-refractivity contribution in [1.82, 2.24) is 4.98 Å². The van der Waals surface area contributed by atoms with Gasteiger partial charge >= 0.3 is 0 Å². The van der Waals surface area contributed by atoms with Gasteiger partial charge < -0.3 is 10.1 Å². The van der Waals surface area contributed by atoms with Crippen molar-refractivity contribution in [3.63, 3.8) is 0 Å². The molecule has 0 aliphatic carbocycles. The predicted octanol–water partition coefficient (Wildman–Crippen LogP) is 3.72. The summed E-state index contributed by atoms with van der Waals surface area (Å²) >= 11 is 0. The van der Waals surface area contributed by atoms with Gasteiger partial charge in [0.1, 0.15) is 11.6 Å². The van der Waals surface area contributed by atoms with E-state index >= 15 is 0 Å². The highest BCUT2D eigenvalue weighted by Crippen LogP contribution is 2.14. The highest BCUT2D eigenvalue weighted by molar-refractivity contribution is 5.38. The van der Waals surface area contributed by atoms with Gasteiger partial charge in [-0.1, -0.05) is 26.7 Å². The summed E-state index contributed by atoms with van der Waals surface area (Å²) in [5, 5.41) is 3.40. The van der Waals surface area contributed by atoms with Gasteiger partial charge in [-0.3, -0.25) is 0 Å². The Bertz CT molecular complexity index is 309. The molecule has 0 aliphatic rings. The van der Waals surface area contributed by atoms with Crippen LogP contribution in [0.4, 0.5) is 5.82 Å². The quantitative estimate of drug-likeness (QED) is 0.783. The molecule has 0 saturated heterocycles. The maximum atomic E-state index is 5.08. The number of ether oxygens (including phenoxy) is 1. The van der Waals surface area contributed by atoms with E-state index in [1.54, 1.807) is 13.3 Å². The molecule has 0 saturated carbocycles. The minimum Gasteiger partial charge on any atom is -0.495 e. The Balaban J connectivity index is 2.31. The fourth-order valence-electron chi connectivity index (χ4n) is 1.74. The highest BCUT2D eigenvalue weighted by Gasteiger charge is 2.04. The second kappa shape index (κ2) is 7.15. The van der Waals surface area contributed by atoms with Gasteiger partial charge in [0.2, 0.25) is 0 Å². The van der Waals surface area contributed by atoms with Crippen LogP contribution in [0.5, 0.6) is 5.75 Å². The van der Waals surface area contributed by atoms with Crippen LogP contribution in [0.2, 0.25) is 0 Å². The monoisotopic (exact) mass is 236 g/mol. The molecule has 1 heterocycles. The third-order valence-corrected chi connectivity index (χ3v) is 2.78. The molecule has 96 valence electrons. The van der Waals surface area contributed by atoms with Crippen LogP contribution in [-0.2, 0) is 0 Å². The van der Waals surface area contributed by atoms with Gasteiger partial charge in [-0.2, -0.15) is 0 Å². The maximum Gasteiger partial charge on any atom is 0.137 e. The van der Waals surface area contributed by atoms with Crippen molar-refractivity contribution in [2.45, 2.75) is 46.1 Å². The SMILES string of the molecule is COc1ccc(NC(C)CCCC(C)C)nc1. The Kier molecular flexibility index (Phi) is 5.81. The highest BCUT2D eigenvalue weighted by atomic mass is 16.5. The second-order valence-corrected chi connectivity index (χ2v) is 4.95. The molecule has 17 heavy (non-hydrogen) atoms. The van der Waals surface area contributed by atoms with E-state index in [4.69, 9.17) is 4.74 Å². The van der Waals surface area contributed by atoms with E-state index in [0.29, 0.717) is 6.04 Å². The van der Waals surface area contributed by atoms with Gasteiger partial charge in [0.25, 0.3) is 0 Å². The van der Waals surface area contributed by atoms with Crippen LogP contribution in [0.15, 0.2) is 18.3 Å². The van der Waals surface area contributed by atoms with E-state index in [2.05, 4.69) is 31.1 Å². The topological polar surface area (TPSA) is 34.1 Å². The number of anilines is 1. The van der Waals surface area contributed by atoms with Crippen molar-refractivity contribution >= 4 is 5.82 Å². The fourth-order valence-corrected chi connectivity index (χ4v) is 1.74. The molecule has 0 amide bonds. The van der Waals surface area contributed by atoms with E-state index in [0.717, 1.165) is 17.5 Å². The minimum atomic E-state index is 0.467. The molecule has 1 aromatic heterocycles. The van der Waals surface area contributed by atoms with E-state index in [1.807, 2.05) is 12.1 Å². The summed E-state index contributed by atoms with van der Waals surface area (Å²) < 4.78 is 5.08. The van der Waals surface area contributed by atoms with Gasteiger partial charge in [0, 0.05) is 6.04 Å². The fraction of sp³-hybridized carbons (Fsp3) is 0.643. The molecule has 1 rings (SSSR count). The van der Waals surface area contributed by atoms with Crippen molar-refractivity contribution in [1.29, 1.82) is 0 Å². The summed E-state index contributed by atoms with van der Waals surface area (Å²) in [5.74, 6) is 2.51. The summed E-state index contributed by atoms with van der Waals surface area (Å²) in [6.45, 7) is 6.73. The zero-order chi connectivity index (χ0) is 12.7. The van der Waals surface area contributed by atoms with Gasteiger partial charge in [-0.25, -0.2) is 4.98 Å². The molecule has 3 nitrogen and oxygen atoms in total. The first-order valence-electron chi connectivity index (χ1n) is 6.38. The van der Waals surface area contributed by atoms with Gasteiger partial charge in [0.05, 0.1) is 13.3 Å². The van der Waals surface area contributed by atoms with Crippen LogP contribution in [-0.4, -0.2) is 18.1 Å². The number of hydrogen-bond acceptors (Lipinski definition) is 3. The average Bonchev–Trinajstić information content (AvgIpc) is 2.29. The van der Waals surface area contributed by atoms with Crippen LogP contribution >= 0.6 is 0 Å². The number of methoxy groups -OCH3 is 1. The second-order valence-electron chi connectivity index (χ2n) is 4.95. The lowest BCUT2D eigenvalue weighted by atomic mass is 10.0. The zero-order valence-electron chi connectivity index (χ0n) is 11.4. The molecular formula is C14H24N2O. The minimum absolute atomic E-state index is 0.467. The molecule has 1 atom stereocenters. The Morgan fingerprint density at radius 1 is 1.24 bits per heavy atom. The van der Waals surface area contributed by atoms with E-state index in [-0.39, 0.29) is 0 Å². The van der Waals surface area contributed by atoms with Crippen molar-refractivity contribution in [2.24, 2.45) is 5.92 Å². The van der Waals surface area contributed by atoms with Gasteiger partial charge in [-0.05, 0) is 31.4 Å². The number of hydrogen-bond donors (Lipinski definition) is 1. The van der Waals surface area contributed by atoms with Crippen molar-refractivity contribution in [3.8, 4) is 5.75 Å². The number of aromatic nitrogens is 1. The largest absolute Gasteiger partial charge is 0.495 e. The molecule has 1 unspecified atom stereocenters. The molecule has 0 aromatic carbocycles. The Morgan fingerprint density at radius 2 is 2.00 bits per heavy atom. The first-order chi connectivity index (χ1) is 8.11. The van der Waals surface area contributed by atoms with Gasteiger partial charge in [-0.15, -0.1) is 0 Å². The standard InChI is InChI=1S/C14H24N2O/c1-11(2)6-5-7-12(3)16-14-9-8-13(17-4)10-15-14/h8-12H,5-7H2,1-4H3,(H,15,16). The summed E-state index contributed by atoms with van der Waals surface area (Å²) in [6, 6.07) is 4.35. The number of nitrogens with one attached hydrogen (secondary N) is 1. The lowest BCUT2D eigenvalue weighted by Crippen LogP contribution is -2.15. The Morgan fingerprint density at radius 3 is 2.53 bits per heavy atom. The summed E-state index contributed by atoms with van der Waals surface area (Å²) in [7, 11) is 1.65. The van der Waals surface area contributed by atoms with Crippen LogP contribution in [0.3, 0.4) is 0 Å². The molecule has 0 aliphatic heterocycles. The number of pyridine rings is 1. The van der Waals surface area contributed by atoms with Gasteiger partial charge in [0.15, 0.2) is 0 Å². The predicted molar refractivity (Wildman–Crippen MR) is 72.6 cm³/mol. The van der Waals surface area contributed by atoms with E-state index in [1.165, 1.54) is 19.3 Å². The van der Waals surface area contributed by atoms with E-state index in [9.17, 15) is 0 Å². The van der Waals surface area contributed by atoms with Crippen molar-refractivity contribution in [2.75, 3.05) is 12.4 Å². The molecule has 0 fully saturated rings. The Labute approximate surface area is 105 Å². The van der Waals surface area contributed by atoms with E-state index < -0.39 is 0 Å². The smallest absolute Gasteiger partial charge is 0.137 e. The lowest BCUT2D eigenvalue weighted by molar-refractivity contribution is 0.413. The first-order valence-corrected chi connectivity index (χ1v) is 6.38.